The van der Waals surface area contributed by atoms with Crippen LogP contribution in [-0.2, 0) is 0 Å². The minimum absolute atomic E-state index is 1.14. The molecule has 0 aromatic carbocycles. The Hall–Kier alpha value is -1.11. The molecule has 0 amide bonds. The highest BCUT2D eigenvalue weighted by molar-refractivity contribution is 5.54. The van der Waals surface area contributed by atoms with Gasteiger partial charge in [0, 0.05) is 12.4 Å². The number of rotatable bonds is 3. The molecule has 0 aliphatic carbocycles. The molecule has 0 rings (SSSR count). The average Bonchev–Trinajstić information content (AvgIpc) is 1.98. The predicted molar refractivity (Wildman–Crippen MR) is 47.3 cm³/mol. The third kappa shape index (κ3) is 5.04. The number of hydrogen-bond acceptors (Lipinski definition) is 1. The lowest BCUT2D eigenvalue weighted by Crippen LogP contribution is -1.61. The van der Waals surface area contributed by atoms with Crippen LogP contribution in [0.2, 0.25) is 0 Å². The van der Waals surface area contributed by atoms with E-state index in [0.29, 0.717) is 0 Å². The quantitative estimate of drug-likeness (QED) is 0.417. The zero-order chi connectivity index (χ0) is 7.82. The second-order valence-electron chi connectivity index (χ2n) is 1.86. The average molecular weight is 135 g/mol. The van der Waals surface area contributed by atoms with E-state index in [1.54, 1.807) is 18.5 Å². The van der Waals surface area contributed by atoms with Gasteiger partial charge in [-0.1, -0.05) is 24.3 Å². The van der Waals surface area contributed by atoms with E-state index < -0.39 is 0 Å². The van der Waals surface area contributed by atoms with Crippen molar-refractivity contribution in [3.8, 4) is 0 Å². The van der Waals surface area contributed by atoms with Crippen molar-refractivity contribution < 1.29 is 0 Å². The Balaban J connectivity index is 3.81. The molecule has 0 bridgehead atoms. The van der Waals surface area contributed by atoms with Crippen molar-refractivity contribution in [1.29, 1.82) is 0 Å². The lowest BCUT2D eigenvalue weighted by Gasteiger charge is -1.82. The number of nitrogens with zero attached hydrogens (tertiary/aromatic N) is 1. The van der Waals surface area contributed by atoms with Gasteiger partial charge in [0.2, 0.25) is 0 Å². The molecule has 0 aliphatic rings. The molecule has 0 saturated heterocycles. The number of hydrogen-bond donors (Lipinski definition) is 0. The van der Waals surface area contributed by atoms with Crippen molar-refractivity contribution in [1.82, 2.24) is 0 Å². The first kappa shape index (κ1) is 8.89. The monoisotopic (exact) mass is 135 g/mol. The molecule has 1 nitrogen and oxygen atoms in total. The predicted octanol–water partition coefficient (Wildman–Crippen LogP) is 2.72. The highest BCUT2D eigenvalue weighted by atomic mass is 14.6. The van der Waals surface area contributed by atoms with Crippen LogP contribution in [0.4, 0.5) is 0 Å². The Morgan fingerprint density at radius 3 is 2.70 bits per heavy atom. The Kier molecular flexibility index (Phi) is 5.35. The zero-order valence-corrected chi connectivity index (χ0v) is 6.54. The molecule has 0 aliphatic heterocycles. The zero-order valence-electron chi connectivity index (χ0n) is 6.54. The van der Waals surface area contributed by atoms with E-state index in [4.69, 9.17) is 0 Å². The van der Waals surface area contributed by atoms with Gasteiger partial charge in [-0.2, -0.15) is 0 Å². The summed E-state index contributed by atoms with van der Waals surface area (Å²) in [5.41, 5.74) is 1.14. The fraction of sp³-hybridized carbons (Fsp3) is 0.222. The van der Waals surface area contributed by atoms with Crippen molar-refractivity contribution >= 4 is 6.21 Å². The highest BCUT2D eigenvalue weighted by Gasteiger charge is 1.71. The molecule has 0 unspecified atom stereocenters. The molecule has 0 radical (unpaired) electrons. The Morgan fingerprint density at radius 2 is 2.20 bits per heavy atom. The Morgan fingerprint density at radius 1 is 1.50 bits per heavy atom. The largest absolute Gasteiger partial charge is 0.269 e. The van der Waals surface area contributed by atoms with Gasteiger partial charge < -0.3 is 0 Å². The van der Waals surface area contributed by atoms with E-state index in [9.17, 15) is 0 Å². The summed E-state index contributed by atoms with van der Waals surface area (Å²) in [5, 5.41) is 0. The van der Waals surface area contributed by atoms with Gasteiger partial charge in [-0.05, 0) is 19.9 Å². The minimum atomic E-state index is 1.14. The summed E-state index contributed by atoms with van der Waals surface area (Å²) in [4.78, 5) is 3.89. The molecular weight excluding hydrogens is 122 g/mol. The summed E-state index contributed by atoms with van der Waals surface area (Å²) in [5.74, 6) is 0. The van der Waals surface area contributed by atoms with Crippen LogP contribution in [0.1, 0.15) is 13.8 Å². The van der Waals surface area contributed by atoms with Crippen molar-refractivity contribution in [3.63, 3.8) is 0 Å². The van der Waals surface area contributed by atoms with Crippen LogP contribution in [0, 0.1) is 0 Å². The van der Waals surface area contributed by atoms with Crippen molar-refractivity contribution in [3.05, 3.63) is 36.6 Å². The molecule has 0 N–H and O–H groups in total. The summed E-state index contributed by atoms with van der Waals surface area (Å²) in [6.07, 6.45) is 9.14. The summed E-state index contributed by atoms with van der Waals surface area (Å²) in [6, 6.07) is 0. The van der Waals surface area contributed by atoms with Crippen molar-refractivity contribution in [2.24, 2.45) is 4.99 Å². The molecule has 0 aromatic rings. The van der Waals surface area contributed by atoms with Crippen LogP contribution in [0.3, 0.4) is 0 Å². The summed E-state index contributed by atoms with van der Waals surface area (Å²) >= 11 is 0. The minimum Gasteiger partial charge on any atom is -0.269 e. The van der Waals surface area contributed by atoms with E-state index in [1.165, 1.54) is 0 Å². The van der Waals surface area contributed by atoms with Gasteiger partial charge in [-0.25, -0.2) is 0 Å². The van der Waals surface area contributed by atoms with Crippen molar-refractivity contribution in [2.45, 2.75) is 13.8 Å². The fourth-order valence-electron chi connectivity index (χ4n) is 0.399. The molecule has 1 heteroatoms. The van der Waals surface area contributed by atoms with Gasteiger partial charge in [-0.15, -0.1) is 0 Å². The van der Waals surface area contributed by atoms with Crippen molar-refractivity contribution in [2.75, 3.05) is 0 Å². The van der Waals surface area contributed by atoms with Gasteiger partial charge in [0.1, 0.15) is 0 Å². The first-order valence-corrected chi connectivity index (χ1v) is 3.25. The van der Waals surface area contributed by atoms with E-state index in [-0.39, 0.29) is 0 Å². The van der Waals surface area contributed by atoms with Gasteiger partial charge in [0.15, 0.2) is 0 Å². The van der Waals surface area contributed by atoms with Crippen LogP contribution >= 0.6 is 0 Å². The van der Waals surface area contributed by atoms with Crippen LogP contribution in [0.15, 0.2) is 41.6 Å². The second kappa shape index (κ2) is 6.02. The summed E-state index contributed by atoms with van der Waals surface area (Å²) in [7, 11) is 0. The lowest BCUT2D eigenvalue weighted by atomic mass is 10.3. The SMILES string of the molecule is C=C\C(C)=C/C=C/N=C/C. The molecule has 0 heterocycles. The van der Waals surface area contributed by atoms with Crippen LogP contribution in [-0.4, -0.2) is 6.21 Å². The third-order valence-electron chi connectivity index (χ3n) is 1.00. The van der Waals surface area contributed by atoms with E-state index in [1.807, 2.05) is 26.0 Å². The second-order valence-corrected chi connectivity index (χ2v) is 1.86. The Labute approximate surface area is 62.5 Å². The number of aliphatic imine (C=N–C) groups is 1. The summed E-state index contributed by atoms with van der Waals surface area (Å²) in [6.45, 7) is 7.50. The normalized spacial score (nSPS) is 13.2. The standard InChI is InChI=1S/C9H13N/c1-4-9(3)7-6-8-10-5-2/h4-8H,1H2,2-3H3/b8-6+,9-7-,10-5+. The van der Waals surface area contributed by atoms with E-state index in [0.717, 1.165) is 5.57 Å². The van der Waals surface area contributed by atoms with Gasteiger partial charge >= 0.3 is 0 Å². The molecule has 0 saturated carbocycles. The van der Waals surface area contributed by atoms with Gasteiger partial charge in [-0.3, -0.25) is 4.99 Å². The lowest BCUT2D eigenvalue weighted by molar-refractivity contribution is 1.51. The summed E-state index contributed by atoms with van der Waals surface area (Å²) < 4.78 is 0. The maximum absolute atomic E-state index is 3.89. The van der Waals surface area contributed by atoms with Crippen LogP contribution in [0.5, 0.6) is 0 Å². The first-order chi connectivity index (χ1) is 4.81. The highest BCUT2D eigenvalue weighted by Crippen LogP contribution is 1.92. The molecule has 0 fully saturated rings. The topological polar surface area (TPSA) is 12.4 Å². The van der Waals surface area contributed by atoms with Crippen LogP contribution < -0.4 is 0 Å². The molecular formula is C9H13N. The van der Waals surface area contributed by atoms with Gasteiger partial charge in [0.05, 0.1) is 0 Å². The van der Waals surface area contributed by atoms with Crippen LogP contribution in [0.25, 0.3) is 0 Å². The van der Waals surface area contributed by atoms with E-state index >= 15 is 0 Å². The maximum atomic E-state index is 3.89. The molecule has 0 aromatic heterocycles. The molecule has 10 heavy (non-hydrogen) atoms. The van der Waals surface area contributed by atoms with Gasteiger partial charge in [0.25, 0.3) is 0 Å². The maximum Gasteiger partial charge on any atom is 0.0263 e. The third-order valence-corrected chi connectivity index (χ3v) is 1.00. The molecule has 54 valence electrons. The smallest absolute Gasteiger partial charge is 0.0263 e. The fourth-order valence-corrected chi connectivity index (χ4v) is 0.399. The first-order valence-electron chi connectivity index (χ1n) is 3.25. The van der Waals surface area contributed by atoms with E-state index in [2.05, 4.69) is 11.6 Å². The Bertz CT molecular complexity index is 173. The molecule has 0 spiro atoms. The number of allylic oxidation sites excluding steroid dienone is 4. The molecule has 0 atom stereocenters.